The molecule has 1 aliphatic rings. The normalized spacial score (nSPS) is 13.1. The standard InChI is InChI=1S/C31H27Cl2N3O/c1-19-11-12-22(16-20(19)2)28-24-10-6-7-15-35-27(21-13-14-25(32)26(33)17-21)18-36(31(24)35)29(28)30(37)34-23-8-4-3-5-9-23/h3-5,8-9,11-14,16-18H,6-7,10,15H2,1-2H3,(H,34,37). The lowest BCUT2D eigenvalue weighted by Crippen LogP contribution is -2.15. The summed E-state index contributed by atoms with van der Waals surface area (Å²) < 4.78 is 4.42. The number of nitrogens with one attached hydrogen (secondary N) is 1. The molecule has 0 saturated heterocycles. The number of carbonyl (C=O) groups excluding carboxylic acids is 1. The predicted molar refractivity (Wildman–Crippen MR) is 153 cm³/mol. The number of aryl methyl sites for hydroxylation is 4. The van der Waals surface area contributed by atoms with E-state index in [1.165, 1.54) is 16.7 Å². The number of amides is 1. The molecule has 0 unspecified atom stereocenters. The maximum absolute atomic E-state index is 14.0. The van der Waals surface area contributed by atoms with Gasteiger partial charge in [-0.05, 0) is 74.1 Å². The SMILES string of the molecule is Cc1ccc(-c2c3c4n(c(-c5ccc(Cl)c(Cl)c5)cn4c2C(=O)Nc2ccccc2)CCCC3)cc1C. The van der Waals surface area contributed by atoms with Crippen LogP contribution in [0.15, 0.2) is 72.9 Å². The summed E-state index contributed by atoms with van der Waals surface area (Å²) in [6, 6.07) is 21.8. The number of para-hydroxylation sites is 1. The summed E-state index contributed by atoms with van der Waals surface area (Å²) in [6.45, 7) is 5.11. The van der Waals surface area contributed by atoms with E-state index in [0.717, 1.165) is 59.5 Å². The van der Waals surface area contributed by atoms with Crippen LogP contribution in [0.1, 0.15) is 40.0 Å². The van der Waals surface area contributed by atoms with Gasteiger partial charge in [0.15, 0.2) is 0 Å². The molecule has 6 heteroatoms. The van der Waals surface area contributed by atoms with E-state index in [2.05, 4.69) is 52.5 Å². The van der Waals surface area contributed by atoms with E-state index >= 15 is 0 Å². The van der Waals surface area contributed by atoms with Crippen LogP contribution < -0.4 is 5.32 Å². The number of benzene rings is 3. The molecule has 0 atom stereocenters. The second-order valence-electron chi connectivity index (χ2n) is 9.77. The molecule has 0 saturated carbocycles. The summed E-state index contributed by atoms with van der Waals surface area (Å²) in [5.41, 5.74) is 10.3. The summed E-state index contributed by atoms with van der Waals surface area (Å²) in [4.78, 5) is 14.0. The number of nitrogens with zero attached hydrogens (tertiary/aromatic N) is 2. The third-order valence-corrected chi connectivity index (χ3v) is 8.13. The molecule has 3 heterocycles. The molecule has 2 aromatic heterocycles. The zero-order chi connectivity index (χ0) is 25.7. The Bertz CT molecular complexity index is 1660. The smallest absolute Gasteiger partial charge is 0.273 e. The fourth-order valence-corrected chi connectivity index (χ4v) is 5.71. The first-order valence-corrected chi connectivity index (χ1v) is 13.3. The van der Waals surface area contributed by atoms with Crippen LogP contribution in [0.25, 0.3) is 28.0 Å². The van der Waals surface area contributed by atoms with Crippen LogP contribution in [-0.2, 0) is 13.0 Å². The molecule has 37 heavy (non-hydrogen) atoms. The topological polar surface area (TPSA) is 38.4 Å². The monoisotopic (exact) mass is 527 g/mol. The number of carbonyl (C=O) groups is 1. The Morgan fingerprint density at radius 2 is 1.65 bits per heavy atom. The summed E-state index contributed by atoms with van der Waals surface area (Å²) in [6.07, 6.45) is 5.11. The van der Waals surface area contributed by atoms with E-state index in [1.807, 2.05) is 48.5 Å². The van der Waals surface area contributed by atoms with Gasteiger partial charge in [0.2, 0.25) is 0 Å². The summed E-state index contributed by atoms with van der Waals surface area (Å²) in [7, 11) is 0. The van der Waals surface area contributed by atoms with E-state index < -0.39 is 0 Å². The molecule has 1 N–H and O–H groups in total. The summed E-state index contributed by atoms with van der Waals surface area (Å²) >= 11 is 12.6. The molecule has 0 radical (unpaired) electrons. The average Bonchev–Trinajstić information content (AvgIpc) is 3.31. The van der Waals surface area contributed by atoms with E-state index in [1.54, 1.807) is 0 Å². The first-order valence-electron chi connectivity index (χ1n) is 12.6. The molecule has 1 amide bonds. The minimum Gasteiger partial charge on any atom is -0.325 e. The Hall–Kier alpha value is -3.47. The second-order valence-corrected chi connectivity index (χ2v) is 10.6. The molecule has 3 aromatic carbocycles. The van der Waals surface area contributed by atoms with Crippen LogP contribution in [0, 0.1) is 13.8 Å². The van der Waals surface area contributed by atoms with Gasteiger partial charge in [-0.15, -0.1) is 0 Å². The van der Waals surface area contributed by atoms with Gasteiger partial charge in [-0.2, -0.15) is 0 Å². The molecule has 4 nitrogen and oxygen atoms in total. The van der Waals surface area contributed by atoms with Crippen LogP contribution in [0.2, 0.25) is 10.0 Å². The van der Waals surface area contributed by atoms with Gasteiger partial charge in [0, 0.05) is 35.1 Å². The van der Waals surface area contributed by atoms with E-state index in [0.29, 0.717) is 15.7 Å². The summed E-state index contributed by atoms with van der Waals surface area (Å²) in [5.74, 6) is -0.126. The number of aromatic nitrogens is 2. The minimum atomic E-state index is -0.126. The lowest BCUT2D eigenvalue weighted by atomic mass is 9.95. The van der Waals surface area contributed by atoms with Crippen molar-refractivity contribution in [2.45, 2.75) is 39.7 Å². The first kappa shape index (κ1) is 23.9. The molecule has 1 aliphatic heterocycles. The van der Waals surface area contributed by atoms with Gasteiger partial charge in [0.1, 0.15) is 11.3 Å². The highest BCUT2D eigenvalue weighted by atomic mass is 35.5. The number of hydrogen-bond acceptors (Lipinski definition) is 1. The van der Waals surface area contributed by atoms with Crippen LogP contribution in [0.5, 0.6) is 0 Å². The quantitative estimate of drug-likeness (QED) is 0.249. The fourth-order valence-electron chi connectivity index (χ4n) is 5.41. The molecule has 5 aromatic rings. The zero-order valence-corrected chi connectivity index (χ0v) is 22.3. The fraction of sp³-hybridized carbons (Fsp3) is 0.194. The average molecular weight is 528 g/mol. The van der Waals surface area contributed by atoms with Crippen molar-refractivity contribution in [2.75, 3.05) is 5.32 Å². The molecule has 0 spiro atoms. The third-order valence-electron chi connectivity index (χ3n) is 7.39. The first-order chi connectivity index (χ1) is 17.9. The van der Waals surface area contributed by atoms with Crippen molar-refractivity contribution in [2.24, 2.45) is 0 Å². The van der Waals surface area contributed by atoms with Crippen molar-refractivity contribution in [1.29, 1.82) is 0 Å². The van der Waals surface area contributed by atoms with Gasteiger partial charge in [-0.1, -0.05) is 65.7 Å². The highest BCUT2D eigenvalue weighted by Gasteiger charge is 2.30. The highest BCUT2D eigenvalue weighted by molar-refractivity contribution is 6.42. The number of anilines is 1. The Morgan fingerprint density at radius 3 is 2.41 bits per heavy atom. The van der Waals surface area contributed by atoms with Crippen molar-refractivity contribution in [3.05, 3.63) is 105 Å². The minimum absolute atomic E-state index is 0.126. The van der Waals surface area contributed by atoms with Crippen LogP contribution in [0.3, 0.4) is 0 Å². The van der Waals surface area contributed by atoms with Gasteiger partial charge in [-0.3, -0.25) is 9.20 Å². The van der Waals surface area contributed by atoms with Gasteiger partial charge in [0.25, 0.3) is 5.91 Å². The molecule has 6 rings (SSSR count). The highest BCUT2D eigenvalue weighted by Crippen LogP contribution is 2.40. The lowest BCUT2D eigenvalue weighted by Gasteiger charge is -2.12. The summed E-state index contributed by atoms with van der Waals surface area (Å²) in [5, 5.41) is 4.18. The Labute approximate surface area is 226 Å². The second kappa shape index (κ2) is 9.44. The Kier molecular flexibility index (Phi) is 6.10. The maximum Gasteiger partial charge on any atom is 0.273 e. The molecule has 0 aliphatic carbocycles. The molecule has 0 fully saturated rings. The van der Waals surface area contributed by atoms with Crippen LogP contribution in [-0.4, -0.2) is 14.9 Å². The van der Waals surface area contributed by atoms with Crippen molar-refractivity contribution in [3.63, 3.8) is 0 Å². The lowest BCUT2D eigenvalue weighted by molar-refractivity contribution is 0.102. The molecular weight excluding hydrogens is 501 g/mol. The van der Waals surface area contributed by atoms with E-state index in [-0.39, 0.29) is 5.91 Å². The third kappa shape index (κ3) is 4.14. The van der Waals surface area contributed by atoms with Crippen molar-refractivity contribution < 1.29 is 4.79 Å². The number of hydrogen-bond donors (Lipinski definition) is 1. The van der Waals surface area contributed by atoms with Gasteiger partial charge in [0.05, 0.1) is 15.7 Å². The molecule has 186 valence electrons. The molecule has 0 bridgehead atoms. The zero-order valence-electron chi connectivity index (χ0n) is 20.8. The van der Waals surface area contributed by atoms with Gasteiger partial charge >= 0.3 is 0 Å². The Balaban J connectivity index is 1.63. The van der Waals surface area contributed by atoms with Crippen LogP contribution >= 0.6 is 23.2 Å². The van der Waals surface area contributed by atoms with Crippen molar-refractivity contribution in [3.8, 4) is 22.4 Å². The number of rotatable bonds is 4. The van der Waals surface area contributed by atoms with Crippen molar-refractivity contribution >= 4 is 40.4 Å². The maximum atomic E-state index is 14.0. The Morgan fingerprint density at radius 1 is 0.865 bits per heavy atom. The number of imidazole rings is 1. The molecular formula is C31H27Cl2N3O. The number of halogens is 2. The predicted octanol–water partition coefficient (Wildman–Crippen LogP) is 8.59. The van der Waals surface area contributed by atoms with E-state index in [9.17, 15) is 4.79 Å². The largest absolute Gasteiger partial charge is 0.325 e. The van der Waals surface area contributed by atoms with Gasteiger partial charge < -0.3 is 9.88 Å². The van der Waals surface area contributed by atoms with Crippen LogP contribution in [0.4, 0.5) is 5.69 Å². The van der Waals surface area contributed by atoms with Crippen molar-refractivity contribution in [1.82, 2.24) is 8.97 Å². The van der Waals surface area contributed by atoms with Gasteiger partial charge in [-0.25, -0.2) is 0 Å². The van der Waals surface area contributed by atoms with E-state index in [4.69, 9.17) is 23.2 Å².